The van der Waals surface area contributed by atoms with Crippen molar-refractivity contribution in [2.75, 3.05) is 19.7 Å². The van der Waals surface area contributed by atoms with E-state index >= 15 is 0 Å². The van der Waals surface area contributed by atoms with E-state index in [1.807, 2.05) is 42.5 Å². The van der Waals surface area contributed by atoms with Crippen LogP contribution in [0.5, 0.6) is 0 Å². The minimum absolute atomic E-state index is 0.100. The van der Waals surface area contributed by atoms with Crippen molar-refractivity contribution in [1.29, 1.82) is 0 Å². The molecule has 0 amide bonds. The van der Waals surface area contributed by atoms with Crippen molar-refractivity contribution in [3.8, 4) is 10.6 Å². The van der Waals surface area contributed by atoms with E-state index in [0.29, 0.717) is 11.3 Å². The maximum absolute atomic E-state index is 12.6. The molecule has 1 saturated heterocycles. The summed E-state index contributed by atoms with van der Waals surface area (Å²) in [6.07, 6.45) is 2.18. The Balaban J connectivity index is 1.42. The first-order valence-electron chi connectivity index (χ1n) is 8.75. The number of morpholine rings is 1. The van der Waals surface area contributed by atoms with E-state index < -0.39 is 0 Å². The van der Waals surface area contributed by atoms with Crippen LogP contribution in [0.3, 0.4) is 0 Å². The highest BCUT2D eigenvalue weighted by Crippen LogP contribution is 2.26. The molecular formula is C21H20N2O2S. The van der Waals surface area contributed by atoms with E-state index in [0.717, 1.165) is 41.4 Å². The first-order valence-corrected chi connectivity index (χ1v) is 9.57. The van der Waals surface area contributed by atoms with E-state index in [-0.39, 0.29) is 11.9 Å². The number of rotatable bonds is 5. The Bertz CT molecular complexity index is 869. The van der Waals surface area contributed by atoms with Crippen molar-refractivity contribution in [2.24, 2.45) is 0 Å². The molecule has 1 aliphatic rings. The minimum atomic E-state index is 0.100. The maximum atomic E-state index is 12.6. The summed E-state index contributed by atoms with van der Waals surface area (Å²) in [6.45, 7) is 2.48. The molecule has 0 unspecified atom stereocenters. The molecule has 4 nitrogen and oxygen atoms in total. The van der Waals surface area contributed by atoms with Crippen LogP contribution in [0.25, 0.3) is 10.6 Å². The number of Topliss-reactive ketones (excluding diaryl/α,β-unsaturated/α-hetero) is 1. The number of nitrogens with one attached hydrogen (secondary N) is 1. The monoisotopic (exact) mass is 364 g/mol. The molecule has 0 saturated carbocycles. The molecule has 26 heavy (non-hydrogen) atoms. The first-order chi connectivity index (χ1) is 12.8. The Morgan fingerprint density at radius 1 is 1.15 bits per heavy atom. The van der Waals surface area contributed by atoms with Gasteiger partial charge in [-0.1, -0.05) is 54.6 Å². The second kappa shape index (κ2) is 7.91. The standard InChI is InChI=1S/C21H20N2O2S/c24-18(20-14-23-21(26-20)17-4-2-1-3-5-17)12-15-6-8-16(9-7-15)19-13-22-10-11-25-19/h1-9,14,19,22H,10-13H2/t19-/m1/s1. The lowest BCUT2D eigenvalue weighted by Crippen LogP contribution is -2.33. The van der Waals surface area contributed by atoms with Gasteiger partial charge in [-0.25, -0.2) is 4.98 Å². The number of benzene rings is 2. The predicted octanol–water partition coefficient (Wildman–Crippen LogP) is 3.90. The fourth-order valence-electron chi connectivity index (χ4n) is 3.02. The number of ketones is 1. The number of hydrogen-bond acceptors (Lipinski definition) is 5. The molecule has 1 aromatic heterocycles. The molecule has 0 spiro atoms. The van der Waals surface area contributed by atoms with Gasteiger partial charge in [0.15, 0.2) is 5.78 Å². The van der Waals surface area contributed by atoms with Crippen molar-refractivity contribution in [3.63, 3.8) is 0 Å². The molecule has 0 bridgehead atoms. The molecule has 0 radical (unpaired) electrons. The van der Waals surface area contributed by atoms with E-state index in [1.54, 1.807) is 6.20 Å². The predicted molar refractivity (Wildman–Crippen MR) is 104 cm³/mol. The number of hydrogen-bond donors (Lipinski definition) is 1. The highest BCUT2D eigenvalue weighted by Gasteiger charge is 2.16. The van der Waals surface area contributed by atoms with E-state index in [4.69, 9.17) is 4.74 Å². The van der Waals surface area contributed by atoms with Crippen molar-refractivity contribution in [2.45, 2.75) is 12.5 Å². The summed E-state index contributed by atoms with van der Waals surface area (Å²) in [4.78, 5) is 17.7. The molecule has 5 heteroatoms. The summed E-state index contributed by atoms with van der Waals surface area (Å²) in [5.74, 6) is 0.105. The minimum Gasteiger partial charge on any atom is -0.371 e. The van der Waals surface area contributed by atoms with Gasteiger partial charge in [0.1, 0.15) is 5.01 Å². The Morgan fingerprint density at radius 2 is 1.96 bits per heavy atom. The Labute approximate surface area is 156 Å². The van der Waals surface area contributed by atoms with Crippen LogP contribution in [0.4, 0.5) is 0 Å². The summed E-state index contributed by atoms with van der Waals surface area (Å²) in [5.41, 5.74) is 3.21. The van der Waals surface area contributed by atoms with Crippen molar-refractivity contribution in [3.05, 3.63) is 76.8 Å². The van der Waals surface area contributed by atoms with Crippen LogP contribution in [-0.4, -0.2) is 30.5 Å². The molecule has 1 aliphatic heterocycles. The second-order valence-electron chi connectivity index (χ2n) is 6.30. The van der Waals surface area contributed by atoms with Gasteiger partial charge in [0.2, 0.25) is 0 Å². The Hall–Kier alpha value is -2.34. The number of carbonyl (C=O) groups is 1. The van der Waals surface area contributed by atoms with E-state index in [2.05, 4.69) is 22.4 Å². The van der Waals surface area contributed by atoms with Gasteiger partial charge >= 0.3 is 0 Å². The zero-order valence-corrected chi connectivity index (χ0v) is 15.2. The molecule has 1 fully saturated rings. The Morgan fingerprint density at radius 3 is 2.69 bits per heavy atom. The average Bonchev–Trinajstić information content (AvgIpc) is 3.20. The molecule has 2 aromatic carbocycles. The van der Waals surface area contributed by atoms with Crippen LogP contribution in [0.1, 0.15) is 26.9 Å². The zero-order chi connectivity index (χ0) is 17.8. The van der Waals surface area contributed by atoms with Crippen LogP contribution in [0, 0.1) is 0 Å². The fraction of sp³-hybridized carbons (Fsp3) is 0.238. The molecule has 132 valence electrons. The van der Waals surface area contributed by atoms with Gasteiger partial charge in [-0.05, 0) is 11.1 Å². The lowest BCUT2D eigenvalue weighted by atomic mass is 10.0. The summed E-state index contributed by atoms with van der Waals surface area (Å²) in [7, 11) is 0. The molecule has 0 aliphatic carbocycles. The lowest BCUT2D eigenvalue weighted by Gasteiger charge is -2.24. The van der Waals surface area contributed by atoms with Gasteiger partial charge in [-0.3, -0.25) is 4.79 Å². The van der Waals surface area contributed by atoms with Gasteiger partial charge in [0.25, 0.3) is 0 Å². The second-order valence-corrected chi connectivity index (χ2v) is 7.33. The van der Waals surface area contributed by atoms with Crippen LogP contribution >= 0.6 is 11.3 Å². The zero-order valence-electron chi connectivity index (χ0n) is 14.4. The van der Waals surface area contributed by atoms with Crippen LogP contribution < -0.4 is 5.32 Å². The van der Waals surface area contributed by atoms with Crippen molar-refractivity contribution in [1.82, 2.24) is 10.3 Å². The summed E-state index contributed by atoms with van der Waals surface area (Å²) in [6, 6.07) is 18.1. The Kier molecular flexibility index (Phi) is 5.20. The maximum Gasteiger partial charge on any atom is 0.178 e. The van der Waals surface area contributed by atoms with Gasteiger partial charge < -0.3 is 10.1 Å². The number of ether oxygens (including phenoxy) is 1. The lowest BCUT2D eigenvalue weighted by molar-refractivity contribution is 0.0277. The van der Waals surface area contributed by atoms with Crippen molar-refractivity contribution >= 4 is 17.1 Å². The van der Waals surface area contributed by atoms with Gasteiger partial charge in [0, 0.05) is 31.3 Å². The van der Waals surface area contributed by atoms with Gasteiger partial charge in [-0.2, -0.15) is 0 Å². The van der Waals surface area contributed by atoms with Crippen molar-refractivity contribution < 1.29 is 9.53 Å². The quantitative estimate of drug-likeness (QED) is 0.698. The molecule has 1 atom stereocenters. The third-order valence-electron chi connectivity index (χ3n) is 4.45. The third-order valence-corrected chi connectivity index (χ3v) is 5.53. The molecule has 3 aromatic rings. The average molecular weight is 364 g/mol. The highest BCUT2D eigenvalue weighted by molar-refractivity contribution is 7.16. The number of aromatic nitrogens is 1. The largest absolute Gasteiger partial charge is 0.371 e. The van der Waals surface area contributed by atoms with E-state index in [1.165, 1.54) is 11.3 Å². The fourth-order valence-corrected chi connectivity index (χ4v) is 3.88. The molecule has 2 heterocycles. The first kappa shape index (κ1) is 17.1. The van der Waals surface area contributed by atoms with Gasteiger partial charge in [-0.15, -0.1) is 11.3 Å². The number of thiazole rings is 1. The van der Waals surface area contributed by atoms with Crippen LogP contribution in [-0.2, 0) is 11.2 Å². The summed E-state index contributed by atoms with van der Waals surface area (Å²) >= 11 is 1.45. The topological polar surface area (TPSA) is 51.2 Å². The van der Waals surface area contributed by atoms with Crippen LogP contribution in [0.15, 0.2) is 60.8 Å². The SMILES string of the molecule is O=C(Cc1ccc([C@H]2CNCCO2)cc1)c1cnc(-c2ccccc2)s1. The molecule has 4 rings (SSSR count). The summed E-state index contributed by atoms with van der Waals surface area (Å²) in [5, 5.41) is 4.21. The highest BCUT2D eigenvalue weighted by atomic mass is 32.1. The number of carbonyl (C=O) groups excluding carboxylic acids is 1. The van der Waals surface area contributed by atoms with E-state index in [9.17, 15) is 4.79 Å². The smallest absolute Gasteiger partial charge is 0.178 e. The third kappa shape index (κ3) is 3.90. The molecule has 1 N–H and O–H groups in total. The van der Waals surface area contributed by atoms with Gasteiger partial charge in [0.05, 0.1) is 17.6 Å². The number of nitrogens with zero attached hydrogens (tertiary/aromatic N) is 1. The normalized spacial score (nSPS) is 17.2. The molecular weight excluding hydrogens is 344 g/mol. The summed E-state index contributed by atoms with van der Waals surface area (Å²) < 4.78 is 5.76. The van der Waals surface area contributed by atoms with Crippen LogP contribution in [0.2, 0.25) is 0 Å².